The summed E-state index contributed by atoms with van der Waals surface area (Å²) in [4.78, 5) is 12.4. The molecular weight excluding hydrogens is 324 g/mol. The van der Waals surface area contributed by atoms with E-state index in [1.165, 1.54) is 18.2 Å². The molecule has 122 valence electrons. The molecule has 2 aromatic rings. The van der Waals surface area contributed by atoms with Gasteiger partial charge in [-0.1, -0.05) is 48.9 Å². The van der Waals surface area contributed by atoms with Crippen molar-refractivity contribution in [1.29, 1.82) is 0 Å². The topological polar surface area (TPSA) is 38.3 Å². The van der Waals surface area contributed by atoms with Crippen LogP contribution in [0.3, 0.4) is 0 Å². The first-order valence-corrected chi connectivity index (χ1v) is 7.49. The Bertz CT molecular complexity index is 665. The molecule has 1 amide bonds. The second kappa shape index (κ2) is 7.92. The van der Waals surface area contributed by atoms with E-state index in [1.807, 2.05) is 37.3 Å². The van der Waals surface area contributed by atoms with E-state index in [0.717, 1.165) is 5.56 Å². The third kappa shape index (κ3) is 4.66. The van der Waals surface area contributed by atoms with Gasteiger partial charge in [0.25, 0.3) is 0 Å². The number of nitrogens with one attached hydrogen (secondary N) is 1. The SMILES string of the molecule is CC[C@@H](C(=O)Nc1ccc(OC(F)F)c(Cl)c1)c1ccccc1. The highest BCUT2D eigenvalue weighted by Crippen LogP contribution is 2.30. The number of rotatable bonds is 6. The molecule has 2 rings (SSSR count). The summed E-state index contributed by atoms with van der Waals surface area (Å²) in [7, 11) is 0. The van der Waals surface area contributed by atoms with Crippen molar-refractivity contribution < 1.29 is 18.3 Å². The van der Waals surface area contributed by atoms with Gasteiger partial charge in [-0.25, -0.2) is 0 Å². The van der Waals surface area contributed by atoms with Gasteiger partial charge in [0.2, 0.25) is 5.91 Å². The molecule has 3 nitrogen and oxygen atoms in total. The summed E-state index contributed by atoms with van der Waals surface area (Å²) < 4.78 is 28.7. The van der Waals surface area contributed by atoms with E-state index in [2.05, 4.69) is 10.1 Å². The van der Waals surface area contributed by atoms with Gasteiger partial charge in [-0.05, 0) is 30.2 Å². The Morgan fingerprint density at radius 3 is 2.48 bits per heavy atom. The molecule has 0 saturated carbocycles. The molecule has 0 bridgehead atoms. The number of carbonyl (C=O) groups excluding carboxylic acids is 1. The fourth-order valence-electron chi connectivity index (χ4n) is 2.26. The number of alkyl halides is 2. The molecule has 0 radical (unpaired) electrons. The Morgan fingerprint density at radius 1 is 1.22 bits per heavy atom. The minimum Gasteiger partial charge on any atom is -0.433 e. The number of halogens is 3. The van der Waals surface area contributed by atoms with Crippen LogP contribution in [0.1, 0.15) is 24.8 Å². The molecule has 1 atom stereocenters. The fraction of sp³-hybridized carbons (Fsp3) is 0.235. The van der Waals surface area contributed by atoms with Gasteiger partial charge < -0.3 is 10.1 Å². The molecule has 0 aliphatic heterocycles. The third-order valence-corrected chi connectivity index (χ3v) is 3.64. The minimum absolute atomic E-state index is 0.0101. The summed E-state index contributed by atoms with van der Waals surface area (Å²) in [5.41, 5.74) is 1.34. The summed E-state index contributed by atoms with van der Waals surface area (Å²) in [6, 6.07) is 13.6. The molecule has 23 heavy (non-hydrogen) atoms. The minimum atomic E-state index is -2.95. The van der Waals surface area contributed by atoms with Crippen LogP contribution in [-0.2, 0) is 4.79 Å². The van der Waals surface area contributed by atoms with E-state index in [-0.39, 0.29) is 22.6 Å². The monoisotopic (exact) mass is 339 g/mol. The smallest absolute Gasteiger partial charge is 0.387 e. The molecule has 0 heterocycles. The highest BCUT2D eigenvalue weighted by molar-refractivity contribution is 6.32. The van der Waals surface area contributed by atoms with Gasteiger partial charge in [0.15, 0.2) is 0 Å². The number of hydrogen-bond acceptors (Lipinski definition) is 2. The van der Waals surface area contributed by atoms with E-state index in [1.54, 1.807) is 0 Å². The molecule has 1 N–H and O–H groups in total. The Morgan fingerprint density at radius 2 is 1.91 bits per heavy atom. The van der Waals surface area contributed by atoms with E-state index >= 15 is 0 Å². The molecule has 0 spiro atoms. The molecule has 6 heteroatoms. The number of hydrogen-bond donors (Lipinski definition) is 1. The lowest BCUT2D eigenvalue weighted by atomic mass is 9.95. The number of amides is 1. The second-order valence-electron chi connectivity index (χ2n) is 4.88. The molecule has 0 fully saturated rings. The largest absolute Gasteiger partial charge is 0.433 e. The first-order valence-electron chi connectivity index (χ1n) is 7.11. The highest BCUT2D eigenvalue weighted by atomic mass is 35.5. The number of carbonyl (C=O) groups is 1. The maximum atomic E-state index is 12.4. The number of anilines is 1. The fourth-order valence-corrected chi connectivity index (χ4v) is 2.48. The van der Waals surface area contributed by atoms with Gasteiger partial charge in [-0.15, -0.1) is 0 Å². The molecular formula is C17H16ClF2NO2. The van der Waals surface area contributed by atoms with Gasteiger partial charge in [-0.3, -0.25) is 4.79 Å². The second-order valence-corrected chi connectivity index (χ2v) is 5.29. The number of ether oxygens (including phenoxy) is 1. The first kappa shape index (κ1) is 17.2. The van der Waals surface area contributed by atoms with Gasteiger partial charge in [0.1, 0.15) is 5.75 Å². The van der Waals surface area contributed by atoms with Crippen LogP contribution in [-0.4, -0.2) is 12.5 Å². The normalized spacial score (nSPS) is 12.0. The van der Waals surface area contributed by atoms with Crippen LogP contribution in [0.5, 0.6) is 5.75 Å². The van der Waals surface area contributed by atoms with Gasteiger partial charge in [0, 0.05) is 5.69 Å². The van der Waals surface area contributed by atoms with Crippen LogP contribution in [0.2, 0.25) is 5.02 Å². The lowest BCUT2D eigenvalue weighted by Gasteiger charge is -2.16. The van der Waals surface area contributed by atoms with E-state index in [4.69, 9.17) is 11.6 Å². The number of benzene rings is 2. The van der Waals surface area contributed by atoms with Crippen molar-refractivity contribution in [3.63, 3.8) is 0 Å². The van der Waals surface area contributed by atoms with Gasteiger partial charge >= 0.3 is 6.61 Å². The predicted octanol–water partition coefficient (Wildman–Crippen LogP) is 5.07. The Hall–Kier alpha value is -2.14. The standard InChI is InChI=1S/C17H16ClF2NO2/c1-2-13(11-6-4-3-5-7-11)16(22)21-12-8-9-15(14(18)10-12)23-17(19)20/h3-10,13,17H,2H2,1H3,(H,21,22)/t13-/m1/s1. The van der Waals surface area contributed by atoms with Crippen LogP contribution in [0, 0.1) is 0 Å². The van der Waals surface area contributed by atoms with Crippen molar-refractivity contribution in [2.75, 3.05) is 5.32 Å². The molecule has 0 aromatic heterocycles. The zero-order chi connectivity index (χ0) is 16.8. The third-order valence-electron chi connectivity index (χ3n) is 3.34. The Kier molecular flexibility index (Phi) is 5.93. The summed E-state index contributed by atoms with van der Waals surface area (Å²) in [5.74, 6) is -0.612. The highest BCUT2D eigenvalue weighted by Gasteiger charge is 2.19. The van der Waals surface area contributed by atoms with Crippen molar-refractivity contribution in [3.05, 3.63) is 59.1 Å². The molecule has 2 aromatic carbocycles. The van der Waals surface area contributed by atoms with E-state index < -0.39 is 6.61 Å². The molecule has 0 aliphatic carbocycles. The first-order chi connectivity index (χ1) is 11.0. The van der Waals surface area contributed by atoms with Crippen LogP contribution < -0.4 is 10.1 Å². The maximum Gasteiger partial charge on any atom is 0.387 e. The Labute approximate surface area is 138 Å². The van der Waals surface area contributed by atoms with Crippen molar-refractivity contribution >= 4 is 23.2 Å². The summed E-state index contributed by atoms with van der Waals surface area (Å²) in [5, 5.41) is 2.76. The molecule has 0 saturated heterocycles. The lowest BCUT2D eigenvalue weighted by Crippen LogP contribution is -2.20. The predicted molar refractivity (Wildman–Crippen MR) is 86.2 cm³/mol. The summed E-state index contributed by atoms with van der Waals surface area (Å²) >= 11 is 5.88. The van der Waals surface area contributed by atoms with Gasteiger partial charge in [-0.2, -0.15) is 8.78 Å². The average Bonchev–Trinajstić information content (AvgIpc) is 2.51. The zero-order valence-electron chi connectivity index (χ0n) is 12.4. The van der Waals surface area contributed by atoms with Crippen LogP contribution >= 0.6 is 11.6 Å². The van der Waals surface area contributed by atoms with Crippen LogP contribution in [0.15, 0.2) is 48.5 Å². The van der Waals surface area contributed by atoms with Crippen molar-refractivity contribution in [2.24, 2.45) is 0 Å². The van der Waals surface area contributed by atoms with Crippen molar-refractivity contribution in [2.45, 2.75) is 25.9 Å². The lowest BCUT2D eigenvalue weighted by molar-refractivity contribution is -0.117. The van der Waals surface area contributed by atoms with E-state index in [9.17, 15) is 13.6 Å². The zero-order valence-corrected chi connectivity index (χ0v) is 13.2. The van der Waals surface area contributed by atoms with Gasteiger partial charge in [0.05, 0.1) is 10.9 Å². The average molecular weight is 340 g/mol. The summed E-state index contributed by atoms with van der Waals surface area (Å²) in [6.45, 7) is -1.03. The maximum absolute atomic E-state index is 12.4. The molecule has 0 aliphatic rings. The van der Waals surface area contributed by atoms with Crippen LogP contribution in [0.4, 0.5) is 14.5 Å². The van der Waals surface area contributed by atoms with Crippen molar-refractivity contribution in [3.8, 4) is 5.75 Å². The Balaban J connectivity index is 2.11. The summed E-state index contributed by atoms with van der Waals surface area (Å²) in [6.07, 6.45) is 0.635. The van der Waals surface area contributed by atoms with Crippen LogP contribution in [0.25, 0.3) is 0 Å². The van der Waals surface area contributed by atoms with E-state index in [0.29, 0.717) is 12.1 Å². The van der Waals surface area contributed by atoms with Crippen molar-refractivity contribution in [1.82, 2.24) is 0 Å². The molecule has 0 unspecified atom stereocenters. The quantitative estimate of drug-likeness (QED) is 0.797.